The van der Waals surface area contributed by atoms with Crippen molar-refractivity contribution in [2.45, 2.75) is 13.0 Å². The number of amides is 1. The number of carbonyl (C=O) groups excluding carboxylic acids is 1. The number of methoxy groups -OCH3 is 2. The Bertz CT molecular complexity index is 419. The lowest BCUT2D eigenvalue weighted by Gasteiger charge is -2.17. The molecule has 0 spiro atoms. The SMILES string of the molecule is COc1cc(C)cc(OC)c1C1CNC(=O)O1. The molecule has 1 heterocycles. The summed E-state index contributed by atoms with van der Waals surface area (Å²) in [6.45, 7) is 2.38. The van der Waals surface area contributed by atoms with Crippen LogP contribution in [0.3, 0.4) is 0 Å². The van der Waals surface area contributed by atoms with Crippen LogP contribution in [0.5, 0.6) is 11.5 Å². The van der Waals surface area contributed by atoms with E-state index in [1.54, 1.807) is 14.2 Å². The fourth-order valence-corrected chi connectivity index (χ4v) is 1.94. The predicted octanol–water partition coefficient (Wildman–Crippen LogP) is 1.79. The van der Waals surface area contributed by atoms with E-state index in [0.717, 1.165) is 11.1 Å². The van der Waals surface area contributed by atoms with Crippen molar-refractivity contribution in [2.24, 2.45) is 0 Å². The van der Waals surface area contributed by atoms with Crippen molar-refractivity contribution in [3.05, 3.63) is 23.3 Å². The molecular weight excluding hydrogens is 222 g/mol. The number of aryl methyl sites for hydroxylation is 1. The zero-order valence-electron chi connectivity index (χ0n) is 10.1. The van der Waals surface area contributed by atoms with E-state index in [1.165, 1.54) is 0 Å². The Labute approximate surface area is 99.7 Å². The van der Waals surface area contributed by atoms with Gasteiger partial charge in [-0.15, -0.1) is 0 Å². The molecule has 0 bridgehead atoms. The normalized spacial score (nSPS) is 18.5. The van der Waals surface area contributed by atoms with Gasteiger partial charge in [-0.2, -0.15) is 0 Å². The lowest BCUT2D eigenvalue weighted by atomic mass is 10.0. The first-order valence-electron chi connectivity index (χ1n) is 5.32. The van der Waals surface area contributed by atoms with E-state index in [0.29, 0.717) is 18.0 Å². The predicted molar refractivity (Wildman–Crippen MR) is 61.5 cm³/mol. The van der Waals surface area contributed by atoms with Gasteiger partial charge in [0.25, 0.3) is 0 Å². The largest absolute Gasteiger partial charge is 0.496 e. The number of nitrogens with one attached hydrogen (secondary N) is 1. The zero-order chi connectivity index (χ0) is 12.4. The van der Waals surface area contributed by atoms with Crippen molar-refractivity contribution in [3.8, 4) is 11.5 Å². The summed E-state index contributed by atoms with van der Waals surface area (Å²) < 4.78 is 15.8. The Morgan fingerprint density at radius 3 is 2.29 bits per heavy atom. The maximum Gasteiger partial charge on any atom is 0.407 e. The third kappa shape index (κ3) is 2.13. The van der Waals surface area contributed by atoms with Gasteiger partial charge >= 0.3 is 6.09 Å². The lowest BCUT2D eigenvalue weighted by molar-refractivity contribution is 0.138. The molecule has 2 rings (SSSR count). The second-order valence-corrected chi connectivity index (χ2v) is 3.86. The Kier molecular flexibility index (Phi) is 3.08. The minimum absolute atomic E-state index is 0.368. The molecule has 0 aromatic heterocycles. The Morgan fingerprint density at radius 1 is 1.29 bits per heavy atom. The van der Waals surface area contributed by atoms with Crippen molar-refractivity contribution in [1.29, 1.82) is 0 Å². The molecule has 0 radical (unpaired) electrons. The van der Waals surface area contributed by atoms with Gasteiger partial charge in [0.2, 0.25) is 0 Å². The van der Waals surface area contributed by atoms with Gasteiger partial charge in [0.15, 0.2) is 6.10 Å². The molecule has 0 aliphatic carbocycles. The third-order valence-corrected chi connectivity index (χ3v) is 2.69. The number of hydrogen-bond acceptors (Lipinski definition) is 4. The summed E-state index contributed by atoms with van der Waals surface area (Å²) in [5.41, 5.74) is 1.79. The van der Waals surface area contributed by atoms with Gasteiger partial charge in [-0.1, -0.05) is 0 Å². The molecule has 1 amide bonds. The summed E-state index contributed by atoms with van der Waals surface area (Å²) in [7, 11) is 3.17. The highest BCUT2D eigenvalue weighted by Crippen LogP contribution is 2.38. The standard InChI is InChI=1S/C12H15NO4/c1-7-4-8(15-2)11(9(5-7)16-3)10-6-13-12(14)17-10/h4-5,10H,6H2,1-3H3,(H,13,14). The Balaban J connectivity index is 2.46. The maximum absolute atomic E-state index is 11.1. The van der Waals surface area contributed by atoms with E-state index in [4.69, 9.17) is 14.2 Å². The molecule has 1 unspecified atom stereocenters. The Hall–Kier alpha value is -1.91. The second-order valence-electron chi connectivity index (χ2n) is 3.86. The molecule has 1 atom stereocenters. The molecule has 0 saturated carbocycles. The molecule has 17 heavy (non-hydrogen) atoms. The smallest absolute Gasteiger partial charge is 0.407 e. The van der Waals surface area contributed by atoms with Gasteiger partial charge in [-0.05, 0) is 24.6 Å². The van der Waals surface area contributed by atoms with Crippen molar-refractivity contribution in [3.63, 3.8) is 0 Å². The molecule has 5 nitrogen and oxygen atoms in total. The maximum atomic E-state index is 11.1. The molecule has 92 valence electrons. The number of rotatable bonds is 3. The van der Waals surface area contributed by atoms with Gasteiger partial charge < -0.3 is 19.5 Å². The minimum atomic E-state index is -0.417. The molecule has 1 aromatic rings. The van der Waals surface area contributed by atoms with Crippen molar-refractivity contribution in [2.75, 3.05) is 20.8 Å². The van der Waals surface area contributed by atoms with Gasteiger partial charge in [0, 0.05) is 0 Å². The fourth-order valence-electron chi connectivity index (χ4n) is 1.94. The monoisotopic (exact) mass is 237 g/mol. The molecule has 1 N–H and O–H groups in total. The van der Waals surface area contributed by atoms with Crippen LogP contribution in [0.1, 0.15) is 17.2 Å². The van der Waals surface area contributed by atoms with Crippen LogP contribution in [0.4, 0.5) is 4.79 Å². The Morgan fingerprint density at radius 2 is 1.88 bits per heavy atom. The van der Waals surface area contributed by atoms with Crippen LogP contribution in [0, 0.1) is 6.92 Å². The van der Waals surface area contributed by atoms with Crippen LogP contribution in [0.15, 0.2) is 12.1 Å². The molecule has 5 heteroatoms. The molecular formula is C12H15NO4. The first-order valence-corrected chi connectivity index (χ1v) is 5.32. The summed E-state index contributed by atoms with van der Waals surface area (Å²) in [5.74, 6) is 1.34. The van der Waals surface area contributed by atoms with Crippen LogP contribution in [-0.4, -0.2) is 26.9 Å². The van der Waals surface area contributed by atoms with Crippen LogP contribution < -0.4 is 14.8 Å². The molecule has 1 saturated heterocycles. The third-order valence-electron chi connectivity index (χ3n) is 2.69. The number of alkyl carbamates (subject to hydrolysis) is 1. The van der Waals surface area contributed by atoms with Gasteiger partial charge in [0.1, 0.15) is 11.5 Å². The van der Waals surface area contributed by atoms with E-state index in [1.807, 2.05) is 19.1 Å². The van der Waals surface area contributed by atoms with E-state index >= 15 is 0 Å². The average molecular weight is 237 g/mol. The van der Waals surface area contributed by atoms with E-state index < -0.39 is 6.09 Å². The van der Waals surface area contributed by atoms with Crippen LogP contribution >= 0.6 is 0 Å². The first-order chi connectivity index (χ1) is 8.15. The van der Waals surface area contributed by atoms with Gasteiger partial charge in [-0.25, -0.2) is 4.79 Å². The summed E-state index contributed by atoms with van der Waals surface area (Å²) in [6.07, 6.45) is -0.785. The lowest BCUT2D eigenvalue weighted by Crippen LogP contribution is -2.12. The topological polar surface area (TPSA) is 56.8 Å². The minimum Gasteiger partial charge on any atom is -0.496 e. The van der Waals surface area contributed by atoms with Crippen LogP contribution in [-0.2, 0) is 4.74 Å². The van der Waals surface area contributed by atoms with Crippen molar-refractivity contribution >= 4 is 6.09 Å². The number of hydrogen-bond donors (Lipinski definition) is 1. The second kappa shape index (κ2) is 4.53. The number of carbonyl (C=O) groups is 1. The summed E-state index contributed by atoms with van der Waals surface area (Å²) in [6, 6.07) is 3.79. The van der Waals surface area contributed by atoms with E-state index in [2.05, 4.69) is 5.32 Å². The highest BCUT2D eigenvalue weighted by atomic mass is 16.6. The summed E-state index contributed by atoms with van der Waals surface area (Å²) in [5, 5.41) is 2.61. The fraction of sp³-hybridized carbons (Fsp3) is 0.417. The van der Waals surface area contributed by atoms with E-state index in [9.17, 15) is 4.79 Å². The van der Waals surface area contributed by atoms with Crippen molar-refractivity contribution < 1.29 is 19.0 Å². The van der Waals surface area contributed by atoms with Gasteiger partial charge in [0.05, 0.1) is 26.3 Å². The van der Waals surface area contributed by atoms with Gasteiger partial charge in [-0.3, -0.25) is 0 Å². The van der Waals surface area contributed by atoms with Crippen LogP contribution in [0.2, 0.25) is 0 Å². The number of ether oxygens (including phenoxy) is 3. The zero-order valence-corrected chi connectivity index (χ0v) is 10.1. The molecule has 1 aliphatic rings. The summed E-state index contributed by atoms with van der Waals surface area (Å²) in [4.78, 5) is 11.1. The van der Waals surface area contributed by atoms with E-state index in [-0.39, 0.29) is 6.10 Å². The molecule has 1 aromatic carbocycles. The summed E-state index contributed by atoms with van der Waals surface area (Å²) >= 11 is 0. The van der Waals surface area contributed by atoms with Crippen molar-refractivity contribution in [1.82, 2.24) is 5.32 Å². The highest BCUT2D eigenvalue weighted by Gasteiger charge is 2.30. The average Bonchev–Trinajstić information content (AvgIpc) is 2.74. The molecule has 1 fully saturated rings. The van der Waals surface area contributed by atoms with Crippen LogP contribution in [0.25, 0.3) is 0 Å². The first kappa shape index (κ1) is 11.6. The molecule has 1 aliphatic heterocycles. The highest BCUT2D eigenvalue weighted by molar-refractivity contribution is 5.70. The number of cyclic esters (lactones) is 1. The quantitative estimate of drug-likeness (QED) is 0.870. The number of benzene rings is 1.